The average molecular weight is 559 g/mol. The number of thioether (sulfide) groups is 1. The number of hydrogen-bond donors (Lipinski definition) is 1. The topological polar surface area (TPSA) is 94.2 Å². The molecule has 0 aliphatic carbocycles. The highest BCUT2D eigenvalue weighted by atomic mass is 32.2. The first kappa shape index (κ1) is 29.1. The van der Waals surface area contributed by atoms with Crippen molar-refractivity contribution in [3.8, 4) is 5.75 Å². The highest BCUT2D eigenvalue weighted by molar-refractivity contribution is 7.99. The van der Waals surface area contributed by atoms with Crippen LogP contribution in [0, 0.1) is 5.82 Å². The Morgan fingerprint density at radius 1 is 1.13 bits per heavy atom. The van der Waals surface area contributed by atoms with Crippen LogP contribution in [0.15, 0.2) is 35.2 Å². The molecule has 2 aromatic carbocycles. The number of hydrogen-bond acceptors (Lipinski definition) is 7. The third-order valence-corrected chi connectivity index (χ3v) is 6.45. The second-order valence-corrected chi connectivity index (χ2v) is 10.3. The normalized spacial score (nSPS) is 15.9. The van der Waals surface area contributed by atoms with Gasteiger partial charge >= 0.3 is 18.2 Å². The number of alkyl carbamates (subject to hydrolysis) is 1. The fourth-order valence-corrected chi connectivity index (χ4v) is 4.74. The van der Waals surface area contributed by atoms with Crippen LogP contribution in [0.4, 0.5) is 28.0 Å². The number of anilines is 1. The molecule has 2 aromatic rings. The summed E-state index contributed by atoms with van der Waals surface area (Å²) in [5.41, 5.74) is -2.23. The van der Waals surface area contributed by atoms with Gasteiger partial charge in [-0.25, -0.2) is 14.0 Å². The van der Waals surface area contributed by atoms with E-state index in [1.165, 1.54) is 6.07 Å². The predicted octanol–water partition coefficient (Wildman–Crippen LogP) is 5.17. The van der Waals surface area contributed by atoms with Crippen molar-refractivity contribution in [1.29, 1.82) is 0 Å². The minimum atomic E-state index is -4.74. The van der Waals surface area contributed by atoms with Crippen LogP contribution in [-0.2, 0) is 27.0 Å². The number of amides is 2. The third-order valence-electron chi connectivity index (χ3n) is 5.32. The van der Waals surface area contributed by atoms with Crippen LogP contribution in [0.1, 0.15) is 42.3 Å². The number of fused-ring (bicyclic) bond motifs is 1. The van der Waals surface area contributed by atoms with E-state index in [0.717, 1.165) is 55.1 Å². The fourth-order valence-electron chi connectivity index (χ4n) is 3.66. The summed E-state index contributed by atoms with van der Waals surface area (Å²) in [5.74, 6) is -3.04. The number of carbonyl (C=O) groups excluding carboxylic acids is 3. The van der Waals surface area contributed by atoms with Gasteiger partial charge in [0.15, 0.2) is 0 Å². The number of nitrogens with one attached hydrogen (secondary N) is 1. The predicted molar refractivity (Wildman–Crippen MR) is 131 cm³/mol. The number of rotatable bonds is 5. The molecule has 1 N–H and O–H groups in total. The number of carbonyl (C=O) groups is 3. The van der Waals surface area contributed by atoms with Crippen molar-refractivity contribution in [3.63, 3.8) is 0 Å². The van der Waals surface area contributed by atoms with Crippen LogP contribution < -0.4 is 15.0 Å². The van der Waals surface area contributed by atoms with Crippen LogP contribution in [0.25, 0.3) is 0 Å². The summed E-state index contributed by atoms with van der Waals surface area (Å²) in [7, 11) is 2.16. The summed E-state index contributed by atoms with van der Waals surface area (Å²) in [6.45, 7) is 4.52. The Morgan fingerprint density at radius 3 is 2.39 bits per heavy atom. The number of ether oxygens (including phenoxy) is 3. The molecule has 0 aromatic heterocycles. The van der Waals surface area contributed by atoms with E-state index in [4.69, 9.17) is 9.47 Å². The quantitative estimate of drug-likeness (QED) is 0.400. The van der Waals surface area contributed by atoms with Crippen molar-refractivity contribution in [2.75, 3.05) is 24.9 Å². The Balaban J connectivity index is 2.09. The number of benzene rings is 2. The summed E-state index contributed by atoms with van der Waals surface area (Å²) in [6.07, 6.45) is -5.62. The van der Waals surface area contributed by atoms with Crippen molar-refractivity contribution >= 4 is 35.4 Å². The maximum Gasteiger partial charge on any atom is 0.419 e. The van der Waals surface area contributed by atoms with Gasteiger partial charge in [0.1, 0.15) is 23.2 Å². The summed E-state index contributed by atoms with van der Waals surface area (Å²) < 4.78 is 70.3. The second kappa shape index (κ2) is 11.1. The summed E-state index contributed by atoms with van der Waals surface area (Å²) in [5, 5.41) is 2.47. The molecule has 13 heteroatoms. The van der Waals surface area contributed by atoms with Gasteiger partial charge < -0.3 is 24.4 Å². The fraction of sp³-hybridized carbons (Fsp3) is 0.400. The maximum absolute atomic E-state index is 14.7. The molecule has 0 unspecified atom stereocenters. The van der Waals surface area contributed by atoms with Gasteiger partial charge in [0.05, 0.1) is 37.6 Å². The Hall–Kier alpha value is -3.48. The zero-order valence-corrected chi connectivity index (χ0v) is 22.0. The molecule has 0 saturated carbocycles. The highest BCUT2D eigenvalue weighted by Gasteiger charge is 2.37. The molecule has 1 atom stereocenters. The molecule has 8 nitrogen and oxygen atoms in total. The number of halogens is 4. The van der Waals surface area contributed by atoms with Gasteiger partial charge in [0, 0.05) is 10.6 Å². The number of methoxy groups -OCH3 is 2. The van der Waals surface area contributed by atoms with E-state index in [1.54, 1.807) is 20.8 Å². The minimum Gasteiger partial charge on any atom is -0.496 e. The van der Waals surface area contributed by atoms with Crippen LogP contribution >= 0.6 is 11.8 Å². The largest absolute Gasteiger partial charge is 0.496 e. The van der Waals surface area contributed by atoms with E-state index >= 15 is 0 Å². The van der Waals surface area contributed by atoms with E-state index in [9.17, 15) is 31.9 Å². The van der Waals surface area contributed by atoms with Crippen LogP contribution in [0.5, 0.6) is 5.75 Å². The lowest BCUT2D eigenvalue weighted by Crippen LogP contribution is -2.50. The number of alkyl halides is 3. The molecule has 3 rings (SSSR count). The smallest absolute Gasteiger partial charge is 0.419 e. The number of nitrogens with zero attached hydrogens (tertiary/aromatic N) is 1. The van der Waals surface area contributed by atoms with E-state index in [0.29, 0.717) is 0 Å². The minimum absolute atomic E-state index is 0.0327. The zero-order valence-electron chi connectivity index (χ0n) is 21.2. The molecule has 0 saturated heterocycles. The molecule has 206 valence electrons. The first-order valence-corrected chi connectivity index (χ1v) is 12.2. The standard InChI is InChI=1S/C25H26F4N2O6S/c1-24(2,3)37-23(34)30-17-12-38-20-10-16(26)14(22(33)36-5)9-18(20)31(21(17)32)11-13-6-7-19(35-4)15(8-13)25(27,28)29/h6-10,17H,11-12H2,1-5H3,(H,30,34)/t17-/m0/s1. The van der Waals surface area contributed by atoms with Gasteiger partial charge in [-0.3, -0.25) is 4.79 Å². The van der Waals surface area contributed by atoms with Crippen molar-refractivity contribution in [1.82, 2.24) is 5.32 Å². The monoisotopic (exact) mass is 558 g/mol. The van der Waals surface area contributed by atoms with Crippen LogP contribution in [-0.4, -0.2) is 49.6 Å². The van der Waals surface area contributed by atoms with Crippen molar-refractivity contribution in [2.45, 2.75) is 50.0 Å². The van der Waals surface area contributed by atoms with Crippen molar-refractivity contribution in [3.05, 3.63) is 52.8 Å². The number of esters is 1. The molecule has 1 aliphatic rings. The molecule has 0 spiro atoms. The Bertz CT molecular complexity index is 1250. The first-order chi connectivity index (χ1) is 17.6. The lowest BCUT2D eigenvalue weighted by molar-refractivity contribution is -0.138. The Kier molecular flexibility index (Phi) is 8.49. The van der Waals surface area contributed by atoms with Gasteiger partial charge in [-0.15, -0.1) is 11.8 Å². The SMILES string of the molecule is COC(=O)c1cc2c(cc1F)SC[C@H](NC(=O)OC(C)(C)C)C(=O)N2Cc1ccc(OC)c(C(F)(F)F)c1. The Labute approximate surface area is 220 Å². The molecular weight excluding hydrogens is 532 g/mol. The molecule has 1 aliphatic heterocycles. The summed E-state index contributed by atoms with van der Waals surface area (Å²) in [6, 6.07) is 4.28. The van der Waals surface area contributed by atoms with E-state index in [1.807, 2.05) is 0 Å². The van der Waals surface area contributed by atoms with E-state index < -0.39 is 65.0 Å². The summed E-state index contributed by atoms with van der Waals surface area (Å²) in [4.78, 5) is 39.5. The van der Waals surface area contributed by atoms with E-state index in [2.05, 4.69) is 10.1 Å². The Morgan fingerprint density at radius 2 is 1.82 bits per heavy atom. The highest BCUT2D eigenvalue weighted by Crippen LogP contribution is 2.40. The van der Waals surface area contributed by atoms with Crippen molar-refractivity contribution < 1.29 is 46.2 Å². The average Bonchev–Trinajstić information content (AvgIpc) is 2.93. The van der Waals surface area contributed by atoms with Gasteiger partial charge in [-0.1, -0.05) is 6.07 Å². The molecule has 0 bridgehead atoms. The zero-order chi connectivity index (χ0) is 28.4. The molecule has 38 heavy (non-hydrogen) atoms. The molecular formula is C25H26F4N2O6S. The molecule has 0 radical (unpaired) electrons. The lowest BCUT2D eigenvalue weighted by atomic mass is 10.1. The molecule has 2 amide bonds. The van der Waals surface area contributed by atoms with Gasteiger partial charge in [0.2, 0.25) is 0 Å². The van der Waals surface area contributed by atoms with Crippen molar-refractivity contribution in [2.24, 2.45) is 0 Å². The molecule has 1 heterocycles. The van der Waals surface area contributed by atoms with Gasteiger partial charge in [-0.2, -0.15) is 13.2 Å². The molecule has 0 fully saturated rings. The third kappa shape index (κ3) is 6.69. The van der Waals surface area contributed by atoms with Crippen LogP contribution in [0.2, 0.25) is 0 Å². The first-order valence-electron chi connectivity index (χ1n) is 11.2. The second-order valence-electron chi connectivity index (χ2n) is 9.26. The van der Waals surface area contributed by atoms with Crippen LogP contribution in [0.3, 0.4) is 0 Å². The van der Waals surface area contributed by atoms with E-state index in [-0.39, 0.29) is 21.9 Å². The summed E-state index contributed by atoms with van der Waals surface area (Å²) >= 11 is 1.03. The maximum atomic E-state index is 14.7. The van der Waals surface area contributed by atoms with Gasteiger partial charge in [-0.05, 0) is 50.6 Å². The lowest BCUT2D eigenvalue weighted by Gasteiger charge is -2.27. The van der Waals surface area contributed by atoms with Gasteiger partial charge in [0.25, 0.3) is 5.91 Å².